The molecule has 0 aliphatic rings. The molecule has 4 aromatic rings. The monoisotopic (exact) mass is 406 g/mol. The number of rotatable bonds is 5. The van der Waals surface area contributed by atoms with Crippen molar-refractivity contribution >= 4 is 39.0 Å². The van der Waals surface area contributed by atoms with Gasteiger partial charge in [-0.25, -0.2) is 4.79 Å². The second-order valence-corrected chi connectivity index (χ2v) is 7.63. The summed E-state index contributed by atoms with van der Waals surface area (Å²) < 4.78 is 2.05. The number of amides is 2. The van der Waals surface area contributed by atoms with E-state index in [-0.39, 0.29) is 5.91 Å². The quantitative estimate of drug-likeness (QED) is 0.471. The Kier molecular flexibility index (Phi) is 5.11. The summed E-state index contributed by atoms with van der Waals surface area (Å²) in [6.07, 6.45) is 0.864. The Labute approximate surface area is 170 Å². The number of carbonyl (C=O) groups excluding carboxylic acids is 2. The lowest BCUT2D eigenvalue weighted by atomic mass is 10.1. The molecule has 7 nitrogen and oxygen atoms in total. The molecule has 0 bridgehead atoms. The first-order valence-corrected chi connectivity index (χ1v) is 9.73. The molecule has 1 unspecified atom stereocenters. The van der Waals surface area contributed by atoms with E-state index in [9.17, 15) is 14.7 Å². The lowest BCUT2D eigenvalue weighted by Gasteiger charge is -2.09. The Bertz CT molecular complexity index is 1150. The largest absolute Gasteiger partial charge is 0.386 e. The fourth-order valence-electron chi connectivity index (χ4n) is 2.98. The van der Waals surface area contributed by atoms with Crippen molar-refractivity contribution in [2.75, 3.05) is 5.32 Å². The average Bonchev–Trinajstić information content (AvgIpc) is 3.37. The van der Waals surface area contributed by atoms with E-state index in [4.69, 9.17) is 5.73 Å². The van der Waals surface area contributed by atoms with Crippen LogP contribution in [0.1, 0.15) is 27.0 Å². The van der Waals surface area contributed by atoms with Gasteiger partial charge in [-0.1, -0.05) is 30.3 Å². The van der Waals surface area contributed by atoms with Crippen LogP contribution in [0.3, 0.4) is 0 Å². The maximum absolute atomic E-state index is 12.5. The minimum Gasteiger partial charge on any atom is -0.386 e. The highest BCUT2D eigenvalue weighted by molar-refractivity contribution is 7.20. The van der Waals surface area contributed by atoms with Crippen molar-refractivity contribution in [1.29, 1.82) is 0 Å². The van der Waals surface area contributed by atoms with Crippen LogP contribution in [-0.4, -0.2) is 26.8 Å². The molecule has 0 fully saturated rings. The molecule has 4 N–H and O–H groups in total. The van der Waals surface area contributed by atoms with Crippen molar-refractivity contribution in [1.82, 2.24) is 9.78 Å². The summed E-state index contributed by atoms with van der Waals surface area (Å²) >= 11 is 1.45. The van der Waals surface area contributed by atoms with Crippen LogP contribution in [-0.2, 0) is 6.42 Å². The summed E-state index contributed by atoms with van der Waals surface area (Å²) in [5.74, 6) is -0.157. The highest BCUT2D eigenvalue weighted by atomic mass is 32.1. The van der Waals surface area contributed by atoms with E-state index < -0.39 is 12.1 Å². The van der Waals surface area contributed by atoms with Crippen molar-refractivity contribution in [3.63, 3.8) is 0 Å². The number of aliphatic hydroxyl groups is 1. The Morgan fingerprint density at radius 3 is 2.59 bits per heavy atom. The number of aliphatic hydroxyl groups excluding tert-OH is 1. The number of hydrogen-bond acceptors (Lipinski definition) is 5. The predicted octanol–water partition coefficient (Wildman–Crippen LogP) is 3.55. The van der Waals surface area contributed by atoms with Crippen molar-refractivity contribution in [2.24, 2.45) is 5.73 Å². The zero-order chi connectivity index (χ0) is 20.4. The van der Waals surface area contributed by atoms with E-state index in [0.717, 1.165) is 20.3 Å². The van der Waals surface area contributed by atoms with Crippen LogP contribution < -0.4 is 11.1 Å². The van der Waals surface area contributed by atoms with Crippen molar-refractivity contribution in [3.05, 3.63) is 83.0 Å². The normalized spacial score (nSPS) is 12.0. The topological polar surface area (TPSA) is 110 Å². The first kappa shape index (κ1) is 18.9. The van der Waals surface area contributed by atoms with E-state index in [1.54, 1.807) is 18.2 Å². The van der Waals surface area contributed by atoms with Gasteiger partial charge in [0.1, 0.15) is 6.10 Å². The zero-order valence-corrected chi connectivity index (χ0v) is 16.1. The minimum absolute atomic E-state index is 0.157. The van der Waals surface area contributed by atoms with E-state index in [2.05, 4.69) is 10.4 Å². The number of benzene rings is 2. The third-order valence-electron chi connectivity index (χ3n) is 4.47. The third kappa shape index (κ3) is 4.18. The maximum atomic E-state index is 12.5. The first-order valence-electron chi connectivity index (χ1n) is 8.92. The molecule has 4 rings (SSSR count). The molecule has 0 spiro atoms. The summed E-state index contributed by atoms with van der Waals surface area (Å²) in [4.78, 5) is 24.2. The molecule has 0 saturated carbocycles. The summed E-state index contributed by atoms with van der Waals surface area (Å²) in [5, 5.41) is 18.2. The molecule has 146 valence electrons. The highest BCUT2D eigenvalue weighted by Gasteiger charge is 2.14. The van der Waals surface area contributed by atoms with Gasteiger partial charge < -0.3 is 16.2 Å². The molecular weight excluding hydrogens is 388 g/mol. The average molecular weight is 406 g/mol. The van der Waals surface area contributed by atoms with Gasteiger partial charge in [0, 0.05) is 23.0 Å². The van der Waals surface area contributed by atoms with Crippen LogP contribution >= 0.6 is 11.3 Å². The fourth-order valence-corrected chi connectivity index (χ4v) is 3.93. The lowest BCUT2D eigenvalue weighted by Crippen LogP contribution is -2.20. The van der Waals surface area contributed by atoms with Crippen molar-refractivity contribution in [2.45, 2.75) is 12.5 Å². The Morgan fingerprint density at radius 2 is 1.90 bits per heavy atom. The molecule has 2 amide bonds. The van der Waals surface area contributed by atoms with Gasteiger partial charge >= 0.3 is 6.03 Å². The molecule has 8 heteroatoms. The standard InChI is InChI=1S/C21H18N4O3S/c22-21(28)25-10-9-16(24-25)17(26)11-13-5-7-15(8-6-13)23-20(27)19-12-14-3-1-2-4-18(14)29-19/h1-10,12,17,26H,11H2,(H2,22,28)(H,23,27). The van der Waals surface area contributed by atoms with Gasteiger partial charge in [-0.05, 0) is 41.3 Å². The molecule has 2 aromatic heterocycles. The molecular formula is C21H18N4O3S. The van der Waals surface area contributed by atoms with E-state index >= 15 is 0 Å². The molecule has 0 radical (unpaired) electrons. The van der Waals surface area contributed by atoms with Gasteiger partial charge in [-0.2, -0.15) is 9.78 Å². The number of primary amides is 1. The van der Waals surface area contributed by atoms with Gasteiger partial charge in [-0.3, -0.25) is 4.79 Å². The van der Waals surface area contributed by atoms with Gasteiger partial charge in [0.25, 0.3) is 5.91 Å². The van der Waals surface area contributed by atoms with Crippen LogP contribution in [0, 0.1) is 0 Å². The number of fused-ring (bicyclic) bond motifs is 1. The number of aromatic nitrogens is 2. The molecule has 1 atom stereocenters. The number of nitrogens with one attached hydrogen (secondary N) is 1. The minimum atomic E-state index is -0.866. The highest BCUT2D eigenvalue weighted by Crippen LogP contribution is 2.26. The summed E-state index contributed by atoms with van der Waals surface area (Å²) in [6, 6.07) is 17.8. The molecule has 2 heterocycles. The Balaban J connectivity index is 1.40. The Hall–Kier alpha value is -3.49. The van der Waals surface area contributed by atoms with Gasteiger partial charge in [0.15, 0.2) is 0 Å². The van der Waals surface area contributed by atoms with E-state index in [1.165, 1.54) is 17.5 Å². The van der Waals surface area contributed by atoms with Crippen LogP contribution in [0.2, 0.25) is 0 Å². The second-order valence-electron chi connectivity index (χ2n) is 6.54. The van der Waals surface area contributed by atoms with Gasteiger partial charge in [0.2, 0.25) is 0 Å². The number of carbonyl (C=O) groups is 2. The Morgan fingerprint density at radius 1 is 1.14 bits per heavy atom. The lowest BCUT2D eigenvalue weighted by molar-refractivity contribution is 0.103. The smallest absolute Gasteiger partial charge is 0.339 e. The van der Waals surface area contributed by atoms with Crippen molar-refractivity contribution < 1.29 is 14.7 Å². The molecule has 29 heavy (non-hydrogen) atoms. The van der Waals surface area contributed by atoms with Gasteiger partial charge in [-0.15, -0.1) is 11.3 Å². The predicted molar refractivity (Wildman–Crippen MR) is 112 cm³/mol. The SMILES string of the molecule is NC(=O)n1ccc(C(O)Cc2ccc(NC(=O)c3cc4ccccc4s3)cc2)n1. The van der Waals surface area contributed by atoms with Gasteiger partial charge in [0.05, 0.1) is 10.6 Å². The fraction of sp³-hybridized carbons (Fsp3) is 0.0952. The maximum Gasteiger partial charge on any atom is 0.339 e. The number of nitrogens with two attached hydrogens (primary N) is 1. The molecule has 0 saturated heterocycles. The molecule has 0 aliphatic heterocycles. The third-order valence-corrected chi connectivity index (χ3v) is 5.58. The van der Waals surface area contributed by atoms with Crippen LogP contribution in [0.5, 0.6) is 0 Å². The number of thiophene rings is 1. The summed E-state index contributed by atoms with van der Waals surface area (Å²) in [6.45, 7) is 0. The number of hydrogen-bond donors (Lipinski definition) is 3. The van der Waals surface area contributed by atoms with E-state index in [1.807, 2.05) is 42.5 Å². The molecule has 0 aliphatic carbocycles. The first-order chi connectivity index (χ1) is 14.0. The second kappa shape index (κ2) is 7.86. The van der Waals surface area contributed by atoms with Crippen LogP contribution in [0.4, 0.5) is 10.5 Å². The van der Waals surface area contributed by atoms with Crippen LogP contribution in [0.25, 0.3) is 10.1 Å². The number of anilines is 1. The van der Waals surface area contributed by atoms with Crippen molar-refractivity contribution in [3.8, 4) is 0 Å². The number of nitrogens with zero attached hydrogens (tertiary/aromatic N) is 2. The van der Waals surface area contributed by atoms with Crippen LogP contribution in [0.15, 0.2) is 66.9 Å². The summed E-state index contributed by atoms with van der Waals surface area (Å²) in [5.41, 5.74) is 7.05. The zero-order valence-electron chi connectivity index (χ0n) is 15.3. The summed E-state index contributed by atoms with van der Waals surface area (Å²) in [7, 11) is 0. The van der Waals surface area contributed by atoms with E-state index in [0.29, 0.717) is 22.7 Å². The molecule has 2 aromatic carbocycles.